The first kappa shape index (κ1) is 13.5. The lowest BCUT2D eigenvalue weighted by atomic mass is 10.0. The highest BCUT2D eigenvalue weighted by Gasteiger charge is 2.25. The van der Waals surface area contributed by atoms with Crippen LogP contribution in [-0.4, -0.2) is 14.5 Å². The topological polar surface area (TPSA) is 47.8 Å². The van der Waals surface area contributed by atoms with E-state index in [4.69, 9.17) is 11.6 Å². The number of pyridine rings is 1. The lowest BCUT2D eigenvalue weighted by Gasteiger charge is -2.13. The van der Waals surface area contributed by atoms with E-state index in [2.05, 4.69) is 29.0 Å². The Morgan fingerprint density at radius 1 is 1.27 bits per heavy atom. The summed E-state index contributed by atoms with van der Waals surface area (Å²) in [5.41, 5.74) is 3.48. The van der Waals surface area contributed by atoms with Gasteiger partial charge in [-0.15, -0.1) is 0 Å². The van der Waals surface area contributed by atoms with Crippen molar-refractivity contribution in [1.82, 2.24) is 14.5 Å². The first-order valence-corrected chi connectivity index (χ1v) is 7.66. The number of hydrogen-bond donors (Lipinski definition) is 0. The van der Waals surface area contributed by atoms with E-state index in [9.17, 15) is 4.79 Å². The van der Waals surface area contributed by atoms with Crippen LogP contribution in [-0.2, 0) is 0 Å². The molecule has 0 radical (unpaired) electrons. The number of benzene rings is 1. The summed E-state index contributed by atoms with van der Waals surface area (Å²) in [6.07, 6.45) is 5.68. The molecule has 0 spiro atoms. The summed E-state index contributed by atoms with van der Waals surface area (Å²) < 4.78 is 1.56. The second-order valence-corrected chi connectivity index (χ2v) is 6.09. The quantitative estimate of drug-likeness (QED) is 0.679. The number of halogens is 1. The van der Waals surface area contributed by atoms with Gasteiger partial charge in [0.1, 0.15) is 0 Å². The smallest absolute Gasteiger partial charge is 0.257 e. The van der Waals surface area contributed by atoms with Crippen molar-refractivity contribution in [3.8, 4) is 5.69 Å². The van der Waals surface area contributed by atoms with Crippen LogP contribution in [0.4, 0.5) is 0 Å². The monoisotopic (exact) mass is 311 g/mol. The third-order valence-corrected chi connectivity index (χ3v) is 4.44. The number of rotatable bonds is 2. The summed E-state index contributed by atoms with van der Waals surface area (Å²) >= 11 is 6.19. The molecule has 110 valence electrons. The standard InChI is InChI=1S/C17H14ClN3O/c1-10-7-12(11-4-5-11)8-15-13(10)9-20-17(22)21(15)14-3-2-6-19-16(14)18/h2-3,6-9,11H,4-5H2,1H3. The summed E-state index contributed by atoms with van der Waals surface area (Å²) in [6, 6.07) is 7.84. The minimum absolute atomic E-state index is 0.299. The van der Waals surface area contributed by atoms with Crippen molar-refractivity contribution in [2.75, 3.05) is 0 Å². The van der Waals surface area contributed by atoms with E-state index in [0.717, 1.165) is 16.5 Å². The number of aromatic nitrogens is 3. The number of hydrogen-bond acceptors (Lipinski definition) is 3. The predicted molar refractivity (Wildman–Crippen MR) is 86.9 cm³/mol. The van der Waals surface area contributed by atoms with Gasteiger partial charge in [-0.25, -0.2) is 14.8 Å². The highest BCUT2D eigenvalue weighted by atomic mass is 35.5. The number of nitrogens with zero attached hydrogens (tertiary/aromatic N) is 3. The summed E-state index contributed by atoms with van der Waals surface area (Å²) in [5.74, 6) is 0.615. The van der Waals surface area contributed by atoms with Crippen molar-refractivity contribution < 1.29 is 0 Å². The maximum Gasteiger partial charge on any atom is 0.352 e. The van der Waals surface area contributed by atoms with Crippen molar-refractivity contribution in [3.63, 3.8) is 0 Å². The zero-order chi connectivity index (χ0) is 15.3. The third kappa shape index (κ3) is 2.11. The van der Waals surface area contributed by atoms with Gasteiger partial charge < -0.3 is 0 Å². The minimum atomic E-state index is -0.338. The fourth-order valence-electron chi connectivity index (χ4n) is 2.87. The van der Waals surface area contributed by atoms with Gasteiger partial charge in [-0.2, -0.15) is 0 Å². The molecule has 0 saturated heterocycles. The first-order valence-electron chi connectivity index (χ1n) is 7.28. The Morgan fingerprint density at radius 3 is 2.82 bits per heavy atom. The van der Waals surface area contributed by atoms with Crippen molar-refractivity contribution >= 4 is 22.5 Å². The summed E-state index contributed by atoms with van der Waals surface area (Å²) in [6.45, 7) is 2.05. The van der Waals surface area contributed by atoms with E-state index in [1.807, 2.05) is 0 Å². The van der Waals surface area contributed by atoms with Gasteiger partial charge in [0.2, 0.25) is 0 Å². The first-order chi connectivity index (χ1) is 10.6. The minimum Gasteiger partial charge on any atom is -0.257 e. The average Bonchev–Trinajstić information content (AvgIpc) is 3.33. The Balaban J connectivity index is 2.10. The molecule has 3 aromatic rings. The molecule has 0 aliphatic heterocycles. The molecule has 5 heteroatoms. The zero-order valence-electron chi connectivity index (χ0n) is 12.1. The van der Waals surface area contributed by atoms with E-state index >= 15 is 0 Å². The van der Waals surface area contributed by atoms with Crippen LogP contribution in [0.5, 0.6) is 0 Å². The Morgan fingerprint density at radius 2 is 2.09 bits per heavy atom. The molecule has 0 atom stereocenters. The molecular weight excluding hydrogens is 298 g/mol. The van der Waals surface area contributed by atoms with Crippen LogP contribution in [0.2, 0.25) is 5.15 Å². The maximum atomic E-state index is 12.4. The van der Waals surface area contributed by atoms with Gasteiger partial charge in [0.25, 0.3) is 0 Å². The Labute approximate surface area is 132 Å². The average molecular weight is 312 g/mol. The molecule has 0 amide bonds. The molecule has 0 N–H and O–H groups in total. The van der Waals surface area contributed by atoms with Crippen LogP contribution in [0, 0.1) is 6.92 Å². The van der Waals surface area contributed by atoms with E-state index < -0.39 is 0 Å². The van der Waals surface area contributed by atoms with Gasteiger partial charge in [-0.1, -0.05) is 17.7 Å². The Kier molecular flexibility index (Phi) is 3.01. The molecule has 4 nitrogen and oxygen atoms in total. The van der Waals surface area contributed by atoms with Crippen LogP contribution in [0.1, 0.15) is 29.9 Å². The van der Waals surface area contributed by atoms with Crippen molar-refractivity contribution in [3.05, 3.63) is 63.4 Å². The van der Waals surface area contributed by atoms with Crippen LogP contribution in [0.3, 0.4) is 0 Å². The normalized spacial score (nSPS) is 14.5. The molecule has 1 aliphatic carbocycles. The molecule has 1 saturated carbocycles. The molecular formula is C17H14ClN3O. The van der Waals surface area contributed by atoms with E-state index in [-0.39, 0.29) is 5.69 Å². The van der Waals surface area contributed by atoms with Crippen molar-refractivity contribution in [1.29, 1.82) is 0 Å². The van der Waals surface area contributed by atoms with Gasteiger partial charge in [0.05, 0.1) is 11.2 Å². The Hall–Kier alpha value is -2.20. The number of fused-ring (bicyclic) bond motifs is 1. The highest BCUT2D eigenvalue weighted by molar-refractivity contribution is 6.31. The van der Waals surface area contributed by atoms with Gasteiger partial charge in [-0.3, -0.25) is 4.57 Å². The van der Waals surface area contributed by atoms with Crippen LogP contribution < -0.4 is 5.69 Å². The molecule has 1 aliphatic rings. The molecule has 0 bridgehead atoms. The van der Waals surface area contributed by atoms with Gasteiger partial charge in [-0.05, 0) is 55.0 Å². The van der Waals surface area contributed by atoms with Crippen molar-refractivity contribution in [2.45, 2.75) is 25.7 Å². The van der Waals surface area contributed by atoms with E-state index in [1.54, 1.807) is 29.1 Å². The van der Waals surface area contributed by atoms with Gasteiger partial charge >= 0.3 is 5.69 Å². The summed E-state index contributed by atoms with van der Waals surface area (Å²) in [5, 5.41) is 1.26. The van der Waals surface area contributed by atoms with E-state index in [0.29, 0.717) is 16.8 Å². The lowest BCUT2D eigenvalue weighted by Crippen LogP contribution is -2.22. The van der Waals surface area contributed by atoms with Crippen LogP contribution in [0.25, 0.3) is 16.6 Å². The zero-order valence-corrected chi connectivity index (χ0v) is 12.8. The predicted octanol–water partition coefficient (Wildman–Crippen LogP) is 3.62. The molecule has 1 fully saturated rings. The fraction of sp³-hybridized carbons (Fsp3) is 0.235. The van der Waals surface area contributed by atoms with Crippen LogP contribution in [0.15, 0.2) is 41.5 Å². The van der Waals surface area contributed by atoms with Crippen molar-refractivity contribution in [2.24, 2.45) is 0 Å². The molecule has 0 unspecified atom stereocenters. The molecule has 2 heterocycles. The van der Waals surface area contributed by atoms with Gasteiger partial charge in [0, 0.05) is 17.8 Å². The van der Waals surface area contributed by atoms with Gasteiger partial charge in [0.15, 0.2) is 5.15 Å². The second-order valence-electron chi connectivity index (χ2n) is 5.73. The van der Waals surface area contributed by atoms with E-state index in [1.165, 1.54) is 18.4 Å². The number of aryl methyl sites for hydroxylation is 1. The molecule has 2 aromatic heterocycles. The largest absolute Gasteiger partial charge is 0.352 e. The molecule has 1 aromatic carbocycles. The molecule has 4 rings (SSSR count). The lowest BCUT2D eigenvalue weighted by molar-refractivity contribution is 0.947. The third-order valence-electron chi connectivity index (χ3n) is 4.15. The SMILES string of the molecule is Cc1cc(C2CC2)cc2c1cnc(=O)n2-c1cccnc1Cl. The maximum absolute atomic E-state index is 12.4. The Bertz CT molecular complexity index is 944. The highest BCUT2D eigenvalue weighted by Crippen LogP contribution is 2.41. The fourth-order valence-corrected chi connectivity index (χ4v) is 3.07. The van der Waals surface area contributed by atoms with Crippen LogP contribution >= 0.6 is 11.6 Å². The second kappa shape index (κ2) is 4.92. The molecule has 22 heavy (non-hydrogen) atoms. The summed E-state index contributed by atoms with van der Waals surface area (Å²) in [7, 11) is 0. The summed E-state index contributed by atoms with van der Waals surface area (Å²) in [4.78, 5) is 20.4.